The highest BCUT2D eigenvalue weighted by molar-refractivity contribution is 5.44. The van der Waals surface area contributed by atoms with Crippen LogP contribution in [-0.2, 0) is 6.42 Å². The maximum atomic E-state index is 13.4. The summed E-state index contributed by atoms with van der Waals surface area (Å²) in [5.41, 5.74) is 5.18. The van der Waals surface area contributed by atoms with E-state index < -0.39 is 18.2 Å². The summed E-state index contributed by atoms with van der Waals surface area (Å²) < 4.78 is 45.9. The molecule has 2 N–H and O–H groups in total. The van der Waals surface area contributed by atoms with Crippen LogP contribution in [0.15, 0.2) is 12.1 Å². The number of hydrogen-bond acceptors (Lipinski definition) is 3. The first kappa shape index (κ1) is 12.6. The number of benzene rings is 1. The summed E-state index contributed by atoms with van der Waals surface area (Å²) in [6.07, 6.45) is 0.598. The number of alkyl halides is 2. The zero-order chi connectivity index (χ0) is 12.1. The zero-order valence-electron chi connectivity index (χ0n) is 8.67. The summed E-state index contributed by atoms with van der Waals surface area (Å²) in [4.78, 5) is 0. The van der Waals surface area contributed by atoms with Gasteiger partial charge in [-0.15, -0.1) is 0 Å². The highest BCUT2D eigenvalue weighted by Gasteiger charge is 2.21. The Labute approximate surface area is 91.0 Å². The van der Waals surface area contributed by atoms with Crippen LogP contribution in [0.5, 0.6) is 11.5 Å². The Bertz CT molecular complexity index is 358. The molecule has 0 aromatic heterocycles. The highest BCUT2D eigenvalue weighted by Crippen LogP contribution is 2.34. The van der Waals surface area contributed by atoms with Crippen molar-refractivity contribution in [3.63, 3.8) is 0 Å². The standard InChI is InChI=1S/C9H7F3O2.CH5N/c10-7-6(14-9(11)12)2-1-5-3-4-13-8(5)7;1-2/h1-2,9H,3-4H2;2H2,1H3. The largest absolute Gasteiger partial charge is 0.490 e. The Morgan fingerprint density at radius 2 is 2.06 bits per heavy atom. The normalized spacial score (nSPS) is 12.6. The Hall–Kier alpha value is -1.43. The van der Waals surface area contributed by atoms with Crippen LogP contribution in [0.2, 0.25) is 0 Å². The van der Waals surface area contributed by atoms with Crippen molar-refractivity contribution in [1.82, 2.24) is 0 Å². The lowest BCUT2D eigenvalue weighted by molar-refractivity contribution is -0.0523. The van der Waals surface area contributed by atoms with Crippen molar-refractivity contribution in [2.45, 2.75) is 13.0 Å². The van der Waals surface area contributed by atoms with Crippen molar-refractivity contribution in [2.24, 2.45) is 5.73 Å². The summed E-state index contributed by atoms with van der Waals surface area (Å²) in [5.74, 6) is -1.29. The molecule has 16 heavy (non-hydrogen) atoms. The smallest absolute Gasteiger partial charge is 0.387 e. The van der Waals surface area contributed by atoms with Gasteiger partial charge < -0.3 is 15.2 Å². The van der Waals surface area contributed by atoms with E-state index in [1.165, 1.54) is 19.2 Å². The quantitative estimate of drug-likeness (QED) is 0.851. The van der Waals surface area contributed by atoms with E-state index in [1.807, 2.05) is 0 Å². The van der Waals surface area contributed by atoms with Crippen LogP contribution in [-0.4, -0.2) is 20.3 Å². The van der Waals surface area contributed by atoms with Gasteiger partial charge in [-0.1, -0.05) is 6.07 Å². The number of hydrogen-bond donors (Lipinski definition) is 1. The molecule has 0 saturated heterocycles. The molecule has 0 amide bonds. The second-order valence-electron chi connectivity index (χ2n) is 2.84. The molecule has 1 aliphatic heterocycles. The first-order chi connectivity index (χ1) is 7.68. The summed E-state index contributed by atoms with van der Waals surface area (Å²) in [5, 5.41) is 0. The van der Waals surface area contributed by atoms with Crippen LogP contribution < -0.4 is 15.2 Å². The average molecular weight is 235 g/mol. The van der Waals surface area contributed by atoms with E-state index in [0.717, 1.165) is 0 Å². The van der Waals surface area contributed by atoms with Gasteiger partial charge in [-0.2, -0.15) is 13.2 Å². The maximum absolute atomic E-state index is 13.4. The van der Waals surface area contributed by atoms with Gasteiger partial charge in [0.25, 0.3) is 0 Å². The minimum Gasteiger partial charge on any atom is -0.490 e. The number of rotatable bonds is 2. The molecule has 1 aromatic carbocycles. The van der Waals surface area contributed by atoms with Gasteiger partial charge in [0.05, 0.1) is 6.61 Å². The molecule has 1 heterocycles. The zero-order valence-corrected chi connectivity index (χ0v) is 8.67. The molecular weight excluding hydrogens is 223 g/mol. The van der Waals surface area contributed by atoms with Crippen LogP contribution >= 0.6 is 0 Å². The lowest BCUT2D eigenvalue weighted by Gasteiger charge is -2.07. The molecule has 2 rings (SSSR count). The Kier molecular flexibility index (Phi) is 4.42. The third-order valence-corrected chi connectivity index (χ3v) is 1.98. The van der Waals surface area contributed by atoms with Gasteiger partial charge in [-0.05, 0) is 13.1 Å². The molecule has 0 atom stereocenters. The predicted molar refractivity (Wildman–Crippen MR) is 52.3 cm³/mol. The van der Waals surface area contributed by atoms with Crippen LogP contribution in [0, 0.1) is 5.82 Å². The molecule has 1 aromatic rings. The molecule has 0 unspecified atom stereocenters. The fraction of sp³-hybridized carbons (Fsp3) is 0.400. The van der Waals surface area contributed by atoms with E-state index in [1.54, 1.807) is 0 Å². The van der Waals surface area contributed by atoms with E-state index >= 15 is 0 Å². The fourth-order valence-corrected chi connectivity index (χ4v) is 1.38. The van der Waals surface area contributed by atoms with Gasteiger partial charge >= 0.3 is 6.61 Å². The Morgan fingerprint density at radius 3 is 2.69 bits per heavy atom. The van der Waals surface area contributed by atoms with Gasteiger partial charge in [0.1, 0.15) is 0 Å². The van der Waals surface area contributed by atoms with E-state index in [9.17, 15) is 13.2 Å². The molecular formula is C10H12F3NO2. The Balaban J connectivity index is 0.000000606. The maximum Gasteiger partial charge on any atom is 0.387 e. The predicted octanol–water partition coefficient (Wildman–Crippen LogP) is 1.94. The minimum atomic E-state index is -3.02. The number of halogens is 3. The van der Waals surface area contributed by atoms with Gasteiger partial charge in [0.2, 0.25) is 5.82 Å². The molecule has 0 saturated carbocycles. The molecule has 0 radical (unpaired) electrons. The summed E-state index contributed by atoms with van der Waals surface area (Å²) in [6, 6.07) is 2.72. The first-order valence-electron chi connectivity index (χ1n) is 4.65. The number of nitrogens with two attached hydrogens (primary N) is 1. The number of ether oxygens (including phenoxy) is 2. The summed E-state index contributed by atoms with van der Waals surface area (Å²) in [6.45, 7) is -2.64. The van der Waals surface area contributed by atoms with Crippen molar-refractivity contribution in [1.29, 1.82) is 0 Å². The van der Waals surface area contributed by atoms with Crippen LogP contribution in [0.1, 0.15) is 5.56 Å². The van der Waals surface area contributed by atoms with E-state index in [4.69, 9.17) is 4.74 Å². The van der Waals surface area contributed by atoms with Crippen LogP contribution in [0.3, 0.4) is 0 Å². The molecule has 0 fully saturated rings. The second-order valence-corrected chi connectivity index (χ2v) is 2.84. The molecule has 0 bridgehead atoms. The van der Waals surface area contributed by atoms with Gasteiger partial charge in [0.15, 0.2) is 11.5 Å². The molecule has 0 aliphatic carbocycles. The third kappa shape index (κ3) is 2.57. The molecule has 0 spiro atoms. The first-order valence-corrected chi connectivity index (χ1v) is 4.65. The molecule has 1 aliphatic rings. The molecule has 6 heteroatoms. The molecule has 3 nitrogen and oxygen atoms in total. The van der Waals surface area contributed by atoms with Crippen LogP contribution in [0.4, 0.5) is 13.2 Å². The number of fused-ring (bicyclic) bond motifs is 1. The van der Waals surface area contributed by atoms with E-state index in [0.29, 0.717) is 18.6 Å². The van der Waals surface area contributed by atoms with Gasteiger partial charge in [-0.25, -0.2) is 0 Å². The second kappa shape index (κ2) is 5.60. The van der Waals surface area contributed by atoms with Crippen molar-refractivity contribution >= 4 is 0 Å². The minimum absolute atomic E-state index is 0.0307. The van der Waals surface area contributed by atoms with Crippen molar-refractivity contribution < 1.29 is 22.6 Å². The van der Waals surface area contributed by atoms with Gasteiger partial charge in [-0.3, -0.25) is 0 Å². The van der Waals surface area contributed by atoms with Crippen molar-refractivity contribution in [2.75, 3.05) is 13.7 Å². The van der Waals surface area contributed by atoms with Crippen molar-refractivity contribution in [3.8, 4) is 11.5 Å². The monoisotopic (exact) mass is 235 g/mol. The topological polar surface area (TPSA) is 44.5 Å². The van der Waals surface area contributed by atoms with E-state index in [-0.39, 0.29) is 5.75 Å². The Morgan fingerprint density at radius 1 is 1.38 bits per heavy atom. The van der Waals surface area contributed by atoms with E-state index in [2.05, 4.69) is 10.5 Å². The lowest BCUT2D eigenvalue weighted by Crippen LogP contribution is -2.04. The highest BCUT2D eigenvalue weighted by atomic mass is 19.3. The molecule has 90 valence electrons. The third-order valence-electron chi connectivity index (χ3n) is 1.98. The average Bonchev–Trinajstić information content (AvgIpc) is 2.73. The van der Waals surface area contributed by atoms with Gasteiger partial charge in [0, 0.05) is 12.0 Å². The van der Waals surface area contributed by atoms with Crippen LogP contribution in [0.25, 0.3) is 0 Å². The SMILES string of the molecule is CN.Fc1c(OC(F)F)ccc2c1OCC2. The van der Waals surface area contributed by atoms with Crippen molar-refractivity contribution in [3.05, 3.63) is 23.5 Å². The summed E-state index contributed by atoms with van der Waals surface area (Å²) in [7, 11) is 1.50. The lowest BCUT2D eigenvalue weighted by atomic mass is 10.1. The fourth-order valence-electron chi connectivity index (χ4n) is 1.38. The summed E-state index contributed by atoms with van der Waals surface area (Å²) >= 11 is 0.